The molecule has 28 heavy (non-hydrogen) atoms. The lowest BCUT2D eigenvalue weighted by Crippen LogP contribution is -2.15. The fourth-order valence-electron chi connectivity index (χ4n) is 2.86. The third-order valence-corrected chi connectivity index (χ3v) is 4.24. The quantitative estimate of drug-likeness (QED) is 0.574. The van der Waals surface area contributed by atoms with Gasteiger partial charge in [0.15, 0.2) is 0 Å². The summed E-state index contributed by atoms with van der Waals surface area (Å²) in [7, 11) is 0. The van der Waals surface area contributed by atoms with E-state index in [1.54, 1.807) is 12.3 Å². The number of carbonyl (C=O) groups excluding carboxylic acids is 1. The van der Waals surface area contributed by atoms with Crippen LogP contribution in [-0.4, -0.2) is 10.9 Å². The van der Waals surface area contributed by atoms with Crippen molar-refractivity contribution in [1.82, 2.24) is 4.98 Å². The average Bonchev–Trinajstić information content (AvgIpc) is 2.68. The molecule has 7 heteroatoms. The lowest BCUT2D eigenvalue weighted by Gasteiger charge is -2.14. The van der Waals surface area contributed by atoms with E-state index in [0.717, 1.165) is 17.2 Å². The summed E-state index contributed by atoms with van der Waals surface area (Å²) < 4.78 is 52.1. The molecule has 0 bridgehead atoms. The van der Waals surface area contributed by atoms with Gasteiger partial charge in [0.2, 0.25) is 0 Å². The minimum atomic E-state index is -4.68. The van der Waals surface area contributed by atoms with E-state index in [9.17, 15) is 22.4 Å². The normalized spacial score (nSPS) is 11.3. The highest BCUT2D eigenvalue weighted by molar-refractivity contribution is 6.06. The van der Waals surface area contributed by atoms with Crippen LogP contribution in [0.1, 0.15) is 27.0 Å². The Morgan fingerprint density at radius 3 is 2.50 bits per heavy atom. The maximum Gasteiger partial charge on any atom is 0.416 e. The van der Waals surface area contributed by atoms with Crippen LogP contribution in [0.3, 0.4) is 0 Å². The smallest absolute Gasteiger partial charge is 0.320 e. The number of anilines is 1. The molecule has 3 aromatic rings. The van der Waals surface area contributed by atoms with Gasteiger partial charge >= 0.3 is 6.18 Å². The summed E-state index contributed by atoms with van der Waals surface area (Å²) in [5.74, 6) is -0.774. The van der Waals surface area contributed by atoms with E-state index in [2.05, 4.69) is 10.3 Å². The fourth-order valence-corrected chi connectivity index (χ4v) is 2.86. The number of nitrogens with one attached hydrogen (secondary N) is 1. The number of amides is 1. The second-order valence-corrected chi connectivity index (χ2v) is 6.24. The maximum absolute atomic E-state index is 13.0. The molecule has 0 aliphatic carbocycles. The summed E-state index contributed by atoms with van der Waals surface area (Å²) in [6, 6.07) is 11.7. The van der Waals surface area contributed by atoms with Crippen LogP contribution in [0.5, 0.6) is 0 Å². The first kappa shape index (κ1) is 19.5. The summed E-state index contributed by atoms with van der Waals surface area (Å²) in [6.07, 6.45) is -1.70. The van der Waals surface area contributed by atoms with Gasteiger partial charge in [-0.05, 0) is 47.9 Å². The van der Waals surface area contributed by atoms with Crippen LogP contribution in [0.15, 0.2) is 60.9 Å². The van der Waals surface area contributed by atoms with Crippen molar-refractivity contribution in [3.05, 3.63) is 83.2 Å². The predicted molar refractivity (Wildman–Crippen MR) is 98.6 cm³/mol. The van der Waals surface area contributed by atoms with E-state index >= 15 is 0 Å². The van der Waals surface area contributed by atoms with Crippen LogP contribution in [0.25, 0.3) is 11.1 Å². The van der Waals surface area contributed by atoms with Crippen molar-refractivity contribution in [1.29, 1.82) is 0 Å². The number of pyridine rings is 1. The number of aromatic nitrogens is 1. The largest absolute Gasteiger partial charge is 0.416 e. The minimum absolute atomic E-state index is 0.217. The molecule has 0 aliphatic heterocycles. The number of halogens is 4. The second kappa shape index (κ2) is 7.80. The van der Waals surface area contributed by atoms with E-state index in [-0.39, 0.29) is 11.1 Å². The lowest BCUT2D eigenvalue weighted by molar-refractivity contribution is -0.137. The molecule has 0 radical (unpaired) electrons. The van der Waals surface area contributed by atoms with Crippen molar-refractivity contribution in [3.63, 3.8) is 0 Å². The van der Waals surface area contributed by atoms with Crippen molar-refractivity contribution in [3.8, 4) is 11.1 Å². The molecule has 3 nitrogen and oxygen atoms in total. The number of rotatable bonds is 4. The van der Waals surface area contributed by atoms with Crippen molar-refractivity contribution < 1.29 is 22.4 Å². The molecule has 1 heterocycles. The topological polar surface area (TPSA) is 42.0 Å². The first-order valence-electron chi connectivity index (χ1n) is 8.38. The molecule has 0 atom stereocenters. The van der Waals surface area contributed by atoms with Crippen LogP contribution in [0, 0.1) is 6.92 Å². The minimum Gasteiger partial charge on any atom is -0.320 e. The van der Waals surface area contributed by atoms with Crippen LogP contribution >= 0.6 is 0 Å². The summed E-state index contributed by atoms with van der Waals surface area (Å²) >= 11 is 0. The van der Waals surface area contributed by atoms with Crippen LogP contribution in [0.2, 0.25) is 0 Å². The van der Waals surface area contributed by atoms with Crippen molar-refractivity contribution in [2.75, 3.05) is 5.32 Å². The predicted octanol–water partition coefficient (Wildman–Crippen LogP) is 5.80. The van der Waals surface area contributed by atoms with Gasteiger partial charge in [0.1, 0.15) is 6.67 Å². The highest BCUT2D eigenvalue weighted by Gasteiger charge is 2.31. The number of aryl methyl sites for hydroxylation is 1. The zero-order valence-corrected chi connectivity index (χ0v) is 14.8. The van der Waals surface area contributed by atoms with Crippen LogP contribution in [-0.2, 0) is 12.9 Å². The molecule has 0 saturated heterocycles. The lowest BCUT2D eigenvalue weighted by atomic mass is 10.00. The van der Waals surface area contributed by atoms with E-state index in [0.29, 0.717) is 23.4 Å². The standard InChI is InChI=1S/C21H16F4N2O/c1-13-4-2-3-5-17(13)18-6-7-26-12-19(18)27-20(28)15-8-14(11-22)9-16(10-15)21(23,24)25/h2-10,12H,11H2,1H3,(H,27,28). The summed E-state index contributed by atoms with van der Waals surface area (Å²) in [5.41, 5.74) is 1.28. The van der Waals surface area contributed by atoms with Gasteiger partial charge in [-0.15, -0.1) is 0 Å². The molecule has 0 aliphatic rings. The van der Waals surface area contributed by atoms with E-state index in [1.807, 2.05) is 31.2 Å². The van der Waals surface area contributed by atoms with Gasteiger partial charge in [0.25, 0.3) is 5.91 Å². The molecular formula is C21H16F4N2O. The third-order valence-electron chi connectivity index (χ3n) is 4.24. The molecule has 0 fully saturated rings. The number of nitrogens with zero attached hydrogens (tertiary/aromatic N) is 1. The van der Waals surface area contributed by atoms with Gasteiger partial charge in [0.05, 0.1) is 17.4 Å². The second-order valence-electron chi connectivity index (χ2n) is 6.24. The third kappa shape index (κ3) is 4.19. The monoisotopic (exact) mass is 388 g/mol. The zero-order chi connectivity index (χ0) is 20.3. The Bertz CT molecular complexity index is 1020. The molecule has 1 aromatic heterocycles. The van der Waals surface area contributed by atoms with E-state index in [1.165, 1.54) is 6.20 Å². The Hall–Kier alpha value is -3.22. The highest BCUT2D eigenvalue weighted by atomic mass is 19.4. The molecule has 0 spiro atoms. The number of hydrogen-bond acceptors (Lipinski definition) is 2. The van der Waals surface area contributed by atoms with Gasteiger partial charge in [-0.3, -0.25) is 9.78 Å². The van der Waals surface area contributed by atoms with Crippen LogP contribution < -0.4 is 5.32 Å². The molecular weight excluding hydrogens is 372 g/mol. The van der Waals surface area contributed by atoms with E-state index < -0.39 is 24.3 Å². The molecule has 1 N–H and O–H groups in total. The highest BCUT2D eigenvalue weighted by Crippen LogP contribution is 2.32. The van der Waals surface area contributed by atoms with Gasteiger partial charge < -0.3 is 5.32 Å². The molecule has 3 rings (SSSR count). The number of benzene rings is 2. The van der Waals surface area contributed by atoms with Gasteiger partial charge in [-0.2, -0.15) is 13.2 Å². The number of alkyl halides is 4. The van der Waals surface area contributed by atoms with Crippen molar-refractivity contribution in [2.24, 2.45) is 0 Å². The molecule has 144 valence electrons. The van der Waals surface area contributed by atoms with Crippen LogP contribution in [0.4, 0.5) is 23.2 Å². The Labute approximate surface area is 159 Å². The SMILES string of the molecule is Cc1ccccc1-c1ccncc1NC(=O)c1cc(CF)cc(C(F)(F)F)c1. The maximum atomic E-state index is 13.0. The number of carbonyl (C=O) groups is 1. The Morgan fingerprint density at radius 1 is 1.07 bits per heavy atom. The van der Waals surface area contributed by atoms with Crippen molar-refractivity contribution >= 4 is 11.6 Å². The summed E-state index contributed by atoms with van der Waals surface area (Å²) in [5, 5.41) is 2.59. The Kier molecular flexibility index (Phi) is 5.44. The van der Waals surface area contributed by atoms with Gasteiger partial charge in [-0.25, -0.2) is 4.39 Å². The van der Waals surface area contributed by atoms with Gasteiger partial charge in [-0.1, -0.05) is 24.3 Å². The Morgan fingerprint density at radius 2 is 1.82 bits per heavy atom. The Balaban J connectivity index is 1.98. The first-order chi connectivity index (χ1) is 13.3. The zero-order valence-electron chi connectivity index (χ0n) is 14.8. The fraction of sp³-hybridized carbons (Fsp3) is 0.143. The van der Waals surface area contributed by atoms with Gasteiger partial charge in [0, 0.05) is 17.3 Å². The van der Waals surface area contributed by atoms with Crippen molar-refractivity contribution in [2.45, 2.75) is 19.8 Å². The molecule has 0 saturated carbocycles. The summed E-state index contributed by atoms with van der Waals surface area (Å²) in [4.78, 5) is 16.6. The molecule has 0 unspecified atom stereocenters. The summed E-state index contributed by atoms with van der Waals surface area (Å²) in [6.45, 7) is 0.799. The molecule has 1 amide bonds. The average molecular weight is 388 g/mol. The molecule has 2 aromatic carbocycles. The van der Waals surface area contributed by atoms with E-state index in [4.69, 9.17) is 0 Å². The first-order valence-corrected chi connectivity index (χ1v) is 8.38. The number of hydrogen-bond donors (Lipinski definition) is 1.